The number of anilines is 2. The molecule has 2 aromatic carbocycles. The Kier molecular flexibility index (Phi) is 5.52. The van der Waals surface area contributed by atoms with Crippen molar-refractivity contribution in [3.63, 3.8) is 0 Å². The first kappa shape index (κ1) is 20.8. The topological polar surface area (TPSA) is 76.6 Å². The van der Waals surface area contributed by atoms with E-state index in [1.165, 1.54) is 12.8 Å². The largest absolute Gasteiger partial charge is 0.423 e. The Balaban J connectivity index is 1.44. The maximum absolute atomic E-state index is 12.4. The average Bonchev–Trinajstić information content (AvgIpc) is 3.44. The molecule has 0 bridgehead atoms. The molecule has 160 valence electrons. The Labute approximate surface area is 176 Å². The molecular weight excluding hydrogens is 421 g/mol. The molecule has 6 nitrogen and oxygen atoms in total. The summed E-state index contributed by atoms with van der Waals surface area (Å²) in [5, 5.41) is 13.6. The van der Waals surface area contributed by atoms with Crippen molar-refractivity contribution in [2.45, 2.75) is 31.7 Å². The van der Waals surface area contributed by atoms with Crippen LogP contribution in [0.15, 0.2) is 36.4 Å². The Morgan fingerprint density at radius 2 is 1.93 bits per heavy atom. The van der Waals surface area contributed by atoms with Crippen molar-refractivity contribution in [3.05, 3.63) is 47.0 Å². The molecule has 2 aliphatic rings. The fourth-order valence-electron chi connectivity index (χ4n) is 3.26. The molecule has 4 N–H and O–H groups in total. The van der Waals surface area contributed by atoms with E-state index in [0.29, 0.717) is 16.5 Å². The van der Waals surface area contributed by atoms with E-state index in [2.05, 4.69) is 16.3 Å². The van der Waals surface area contributed by atoms with Gasteiger partial charge in [-0.15, -0.1) is 5.53 Å². The van der Waals surface area contributed by atoms with Crippen LogP contribution in [0.3, 0.4) is 0 Å². The Morgan fingerprint density at radius 3 is 2.57 bits per heavy atom. The van der Waals surface area contributed by atoms with Gasteiger partial charge in [-0.25, -0.2) is 0 Å². The molecule has 4 rings (SSSR count). The van der Waals surface area contributed by atoms with Gasteiger partial charge in [-0.3, -0.25) is 9.80 Å². The van der Waals surface area contributed by atoms with Gasteiger partial charge in [0, 0.05) is 18.7 Å². The molecule has 1 atom stereocenters. The molecule has 0 spiro atoms. The second-order valence-electron chi connectivity index (χ2n) is 7.47. The number of rotatable bonds is 6. The number of amides is 1. The van der Waals surface area contributed by atoms with Crippen LogP contribution in [-0.4, -0.2) is 29.8 Å². The fourth-order valence-corrected chi connectivity index (χ4v) is 3.57. The molecule has 2 aromatic rings. The Bertz CT molecular complexity index is 948. The van der Waals surface area contributed by atoms with E-state index < -0.39 is 18.2 Å². The number of hydrazine groups is 2. The van der Waals surface area contributed by atoms with E-state index in [4.69, 9.17) is 16.7 Å². The number of nitrogens with zero attached hydrogens (tertiary/aromatic N) is 1. The number of nitrogens with one attached hydrogen (secondary N) is 3. The summed E-state index contributed by atoms with van der Waals surface area (Å²) >= 11 is 6.61. The summed E-state index contributed by atoms with van der Waals surface area (Å²) in [5.74, 6) is -0.781. The third kappa shape index (κ3) is 4.33. The fraction of sp³-hybridized carbons (Fsp3) is 0.350. The lowest BCUT2D eigenvalue weighted by atomic mass is 10.0. The molecule has 1 aliphatic heterocycles. The number of carbonyl (C=O) groups excluding carboxylic acids is 1. The van der Waals surface area contributed by atoms with Crippen LogP contribution < -0.4 is 21.3 Å². The molecule has 1 aliphatic carbocycles. The maximum Gasteiger partial charge on any atom is 0.423 e. The zero-order valence-electron chi connectivity index (χ0n) is 15.8. The molecule has 0 aromatic heterocycles. The molecule has 1 unspecified atom stereocenters. The number of aliphatic hydroxyl groups is 1. The van der Waals surface area contributed by atoms with Crippen LogP contribution in [0.4, 0.5) is 24.5 Å². The van der Waals surface area contributed by atoms with E-state index in [0.717, 1.165) is 29.0 Å². The SMILES string of the molecule is O=C(NCc1ccc(-c2ccc3c(c2Cl)NNN3CC2CC2)cc1)C(O)C(F)(F)F. The second-order valence-corrected chi connectivity index (χ2v) is 7.85. The highest BCUT2D eigenvalue weighted by molar-refractivity contribution is 6.37. The number of hydrogen-bond acceptors (Lipinski definition) is 5. The van der Waals surface area contributed by atoms with Crippen molar-refractivity contribution >= 4 is 28.9 Å². The zero-order valence-corrected chi connectivity index (χ0v) is 16.5. The van der Waals surface area contributed by atoms with Crippen molar-refractivity contribution < 1.29 is 23.1 Å². The highest BCUT2D eigenvalue weighted by Crippen LogP contribution is 2.43. The van der Waals surface area contributed by atoms with Crippen molar-refractivity contribution in [2.75, 3.05) is 17.0 Å². The van der Waals surface area contributed by atoms with Crippen molar-refractivity contribution in [3.8, 4) is 11.1 Å². The van der Waals surface area contributed by atoms with Gasteiger partial charge in [0.2, 0.25) is 6.10 Å². The van der Waals surface area contributed by atoms with Crippen LogP contribution >= 0.6 is 11.6 Å². The lowest BCUT2D eigenvalue weighted by Gasteiger charge is -2.17. The minimum Gasteiger partial charge on any atom is -0.376 e. The first-order valence-corrected chi connectivity index (χ1v) is 9.85. The van der Waals surface area contributed by atoms with Crippen LogP contribution in [-0.2, 0) is 11.3 Å². The van der Waals surface area contributed by atoms with Crippen molar-refractivity contribution in [1.29, 1.82) is 0 Å². The monoisotopic (exact) mass is 440 g/mol. The predicted octanol–water partition coefficient (Wildman–Crippen LogP) is 3.61. The van der Waals surface area contributed by atoms with Crippen LogP contribution in [0.25, 0.3) is 11.1 Å². The summed E-state index contributed by atoms with van der Waals surface area (Å²) in [7, 11) is 0. The number of aliphatic hydroxyl groups excluding tert-OH is 1. The molecule has 0 saturated heterocycles. The quantitative estimate of drug-likeness (QED) is 0.552. The summed E-state index contributed by atoms with van der Waals surface area (Å²) in [5.41, 5.74) is 10.2. The predicted molar refractivity (Wildman–Crippen MR) is 108 cm³/mol. The van der Waals surface area contributed by atoms with Gasteiger partial charge in [0.25, 0.3) is 5.91 Å². The van der Waals surface area contributed by atoms with E-state index in [1.807, 2.05) is 17.1 Å². The smallest absolute Gasteiger partial charge is 0.376 e. The number of carbonyl (C=O) groups is 1. The van der Waals surface area contributed by atoms with Gasteiger partial charge in [-0.1, -0.05) is 41.9 Å². The minimum absolute atomic E-state index is 0.133. The van der Waals surface area contributed by atoms with Crippen molar-refractivity contribution in [1.82, 2.24) is 10.9 Å². The van der Waals surface area contributed by atoms with E-state index in [9.17, 15) is 18.0 Å². The van der Waals surface area contributed by atoms with Gasteiger partial charge in [0.05, 0.1) is 16.4 Å². The molecule has 1 heterocycles. The third-order valence-electron chi connectivity index (χ3n) is 5.15. The van der Waals surface area contributed by atoms with Crippen LogP contribution in [0.2, 0.25) is 5.02 Å². The van der Waals surface area contributed by atoms with Gasteiger partial charge >= 0.3 is 6.18 Å². The van der Waals surface area contributed by atoms with Gasteiger partial charge in [0.15, 0.2) is 0 Å². The summed E-state index contributed by atoms with van der Waals surface area (Å²) in [6.07, 6.45) is -5.56. The number of hydrogen-bond donors (Lipinski definition) is 4. The highest BCUT2D eigenvalue weighted by atomic mass is 35.5. The highest BCUT2D eigenvalue weighted by Gasteiger charge is 2.43. The summed E-state index contributed by atoms with van der Waals surface area (Å²) in [6, 6.07) is 10.8. The van der Waals surface area contributed by atoms with Crippen LogP contribution in [0.1, 0.15) is 18.4 Å². The molecular formula is C20H20ClF3N4O2. The normalized spacial score (nSPS) is 16.8. The summed E-state index contributed by atoms with van der Waals surface area (Å²) < 4.78 is 37.1. The standard InChI is InChI=1S/C20H20ClF3N4O2/c21-16-14(7-8-15-17(16)26-27-28(15)10-12-1-2-12)13-5-3-11(4-6-13)9-25-19(30)18(29)20(22,23)24/h3-8,12,18,26-27,29H,1-2,9-10H2,(H,25,30). The maximum atomic E-state index is 12.4. The molecule has 1 saturated carbocycles. The number of halogens is 4. The first-order chi connectivity index (χ1) is 14.2. The third-order valence-corrected chi connectivity index (χ3v) is 5.55. The lowest BCUT2D eigenvalue weighted by molar-refractivity contribution is -0.205. The van der Waals surface area contributed by atoms with Gasteiger partial charge < -0.3 is 15.8 Å². The average molecular weight is 441 g/mol. The first-order valence-electron chi connectivity index (χ1n) is 9.47. The number of fused-ring (bicyclic) bond motifs is 1. The van der Waals surface area contributed by atoms with E-state index in [-0.39, 0.29) is 6.54 Å². The minimum atomic E-state index is -4.99. The van der Waals surface area contributed by atoms with Gasteiger partial charge in [-0.05, 0) is 36.0 Å². The van der Waals surface area contributed by atoms with Crippen LogP contribution in [0, 0.1) is 5.92 Å². The van der Waals surface area contributed by atoms with Crippen molar-refractivity contribution in [2.24, 2.45) is 5.92 Å². The Hall–Kier alpha value is -2.49. The van der Waals surface area contributed by atoms with Crippen LogP contribution in [0.5, 0.6) is 0 Å². The molecule has 0 radical (unpaired) electrons. The Morgan fingerprint density at radius 1 is 1.23 bits per heavy atom. The molecule has 10 heteroatoms. The molecule has 30 heavy (non-hydrogen) atoms. The number of alkyl halides is 3. The van der Waals surface area contributed by atoms with E-state index in [1.54, 1.807) is 24.3 Å². The molecule has 1 fully saturated rings. The summed E-state index contributed by atoms with van der Waals surface area (Å²) in [4.78, 5) is 11.4. The lowest BCUT2D eigenvalue weighted by Crippen LogP contribution is -2.43. The van der Waals surface area contributed by atoms with Gasteiger partial charge in [-0.2, -0.15) is 13.2 Å². The second kappa shape index (κ2) is 7.98. The summed E-state index contributed by atoms with van der Waals surface area (Å²) in [6.45, 7) is 0.783. The number of benzene rings is 2. The van der Waals surface area contributed by atoms with Gasteiger partial charge in [0.1, 0.15) is 0 Å². The van der Waals surface area contributed by atoms with E-state index >= 15 is 0 Å². The zero-order chi connectivity index (χ0) is 21.5. The molecule has 1 amide bonds.